The molecular formula is C21H26N2O5S. The van der Waals surface area contributed by atoms with Crippen LogP contribution in [0.2, 0.25) is 0 Å². The maximum Gasteiger partial charge on any atom is 0.236 e. The molecule has 0 bridgehead atoms. The Labute approximate surface area is 171 Å². The molecule has 1 amide bonds. The van der Waals surface area contributed by atoms with Crippen molar-refractivity contribution in [2.45, 2.75) is 19.3 Å². The van der Waals surface area contributed by atoms with E-state index in [2.05, 4.69) is 5.32 Å². The zero-order valence-electron chi connectivity index (χ0n) is 16.7. The van der Waals surface area contributed by atoms with Crippen molar-refractivity contribution in [3.8, 4) is 11.5 Å². The lowest BCUT2D eigenvalue weighted by Gasteiger charge is -2.19. The van der Waals surface area contributed by atoms with Gasteiger partial charge in [-0.2, -0.15) is 0 Å². The van der Waals surface area contributed by atoms with Gasteiger partial charge in [-0.1, -0.05) is 18.2 Å². The molecule has 29 heavy (non-hydrogen) atoms. The summed E-state index contributed by atoms with van der Waals surface area (Å²) in [5.74, 6) is 1.05. The number of carbonyl (C=O) groups excluding carboxylic acids is 1. The molecule has 2 aromatic rings. The summed E-state index contributed by atoms with van der Waals surface area (Å²) >= 11 is 0. The van der Waals surface area contributed by atoms with Crippen LogP contribution in [-0.4, -0.2) is 47.4 Å². The highest BCUT2D eigenvalue weighted by atomic mass is 32.2. The lowest BCUT2D eigenvalue weighted by molar-refractivity contribution is -0.120. The van der Waals surface area contributed by atoms with E-state index >= 15 is 0 Å². The van der Waals surface area contributed by atoms with Gasteiger partial charge in [0, 0.05) is 19.5 Å². The molecule has 7 nitrogen and oxygen atoms in total. The van der Waals surface area contributed by atoms with Crippen LogP contribution in [0.4, 0.5) is 5.69 Å². The lowest BCUT2D eigenvalue weighted by Crippen LogP contribution is -2.37. The molecule has 0 saturated heterocycles. The second-order valence-corrected chi connectivity index (χ2v) is 8.81. The van der Waals surface area contributed by atoms with Crippen LogP contribution in [0.3, 0.4) is 0 Å². The van der Waals surface area contributed by atoms with E-state index in [1.807, 2.05) is 30.3 Å². The number of fused-ring (bicyclic) bond motifs is 1. The number of hydrogen-bond donors (Lipinski definition) is 1. The number of carbonyl (C=O) groups is 1. The van der Waals surface area contributed by atoms with Crippen LogP contribution in [0.25, 0.3) is 0 Å². The molecule has 156 valence electrons. The molecule has 1 aliphatic heterocycles. The number of anilines is 1. The fourth-order valence-electron chi connectivity index (χ4n) is 3.44. The number of benzene rings is 2. The van der Waals surface area contributed by atoms with Gasteiger partial charge in [0.15, 0.2) is 0 Å². The Morgan fingerprint density at radius 2 is 1.93 bits per heavy atom. The predicted octanol–water partition coefficient (Wildman–Crippen LogP) is 2.15. The number of hydrogen-bond acceptors (Lipinski definition) is 5. The summed E-state index contributed by atoms with van der Waals surface area (Å²) in [6, 6.07) is 12.9. The first-order valence-corrected chi connectivity index (χ1v) is 11.1. The van der Waals surface area contributed by atoms with Gasteiger partial charge < -0.3 is 14.8 Å². The van der Waals surface area contributed by atoms with Gasteiger partial charge in [0.1, 0.15) is 11.5 Å². The molecule has 0 aromatic heterocycles. The first-order chi connectivity index (χ1) is 13.9. The van der Waals surface area contributed by atoms with Crippen LogP contribution in [0.1, 0.15) is 17.5 Å². The van der Waals surface area contributed by atoms with Crippen molar-refractivity contribution in [1.82, 2.24) is 5.32 Å². The number of para-hydroxylation sites is 1. The first-order valence-electron chi connectivity index (χ1n) is 9.50. The third-order valence-corrected chi connectivity index (χ3v) is 6.74. The van der Waals surface area contributed by atoms with Crippen LogP contribution in [-0.2, 0) is 27.7 Å². The first kappa shape index (κ1) is 21.0. The standard InChI is InChI=1S/C21H26N2O5S/c1-27-18-8-9-20(28-2)17(15-18)7-10-21(24)22-12-14-29(25,26)23-13-11-16-5-3-4-6-19(16)23/h3-6,8-9,15H,7,10-14H2,1-2H3,(H,22,24). The Hall–Kier alpha value is -2.74. The van der Waals surface area contributed by atoms with E-state index in [-0.39, 0.29) is 24.6 Å². The molecule has 8 heteroatoms. The van der Waals surface area contributed by atoms with Crippen LogP contribution in [0.15, 0.2) is 42.5 Å². The summed E-state index contributed by atoms with van der Waals surface area (Å²) < 4.78 is 37.3. The minimum absolute atomic E-state index is 0.0785. The number of rotatable bonds is 9. The second kappa shape index (κ2) is 9.17. The molecule has 1 N–H and O–H groups in total. The quantitative estimate of drug-likeness (QED) is 0.675. The van der Waals surface area contributed by atoms with E-state index < -0.39 is 10.0 Å². The van der Waals surface area contributed by atoms with E-state index in [1.165, 1.54) is 4.31 Å². The van der Waals surface area contributed by atoms with Gasteiger partial charge in [-0.05, 0) is 48.2 Å². The van der Waals surface area contributed by atoms with Gasteiger partial charge in [0.25, 0.3) is 0 Å². The molecule has 1 heterocycles. The summed E-state index contributed by atoms with van der Waals surface area (Å²) in [5, 5.41) is 2.71. The smallest absolute Gasteiger partial charge is 0.236 e. The topological polar surface area (TPSA) is 84.9 Å². The number of ether oxygens (including phenoxy) is 2. The number of sulfonamides is 1. The van der Waals surface area contributed by atoms with E-state index in [4.69, 9.17) is 9.47 Å². The third-order valence-electron chi connectivity index (χ3n) is 4.97. The van der Waals surface area contributed by atoms with Crippen molar-refractivity contribution in [3.63, 3.8) is 0 Å². The largest absolute Gasteiger partial charge is 0.497 e. The summed E-state index contributed by atoms with van der Waals surface area (Å²) in [4.78, 5) is 12.2. The van der Waals surface area contributed by atoms with Crippen molar-refractivity contribution in [2.24, 2.45) is 0 Å². The number of amides is 1. The minimum atomic E-state index is -3.47. The van der Waals surface area contributed by atoms with Crippen LogP contribution < -0.4 is 19.1 Å². The van der Waals surface area contributed by atoms with E-state index in [1.54, 1.807) is 26.4 Å². The molecule has 0 fully saturated rings. The molecule has 0 atom stereocenters. The Morgan fingerprint density at radius 3 is 2.69 bits per heavy atom. The summed E-state index contributed by atoms with van der Waals surface area (Å²) in [6.45, 7) is 0.528. The van der Waals surface area contributed by atoms with Gasteiger partial charge in [0.05, 0.1) is 25.7 Å². The van der Waals surface area contributed by atoms with E-state index in [9.17, 15) is 13.2 Å². The zero-order valence-corrected chi connectivity index (χ0v) is 17.5. The highest BCUT2D eigenvalue weighted by Gasteiger charge is 2.28. The lowest BCUT2D eigenvalue weighted by atomic mass is 10.1. The van der Waals surface area contributed by atoms with Gasteiger partial charge in [0.2, 0.25) is 15.9 Å². The van der Waals surface area contributed by atoms with Crippen molar-refractivity contribution in [1.29, 1.82) is 0 Å². The number of aryl methyl sites for hydroxylation is 1. The predicted molar refractivity (Wildman–Crippen MR) is 112 cm³/mol. The Morgan fingerprint density at radius 1 is 1.14 bits per heavy atom. The van der Waals surface area contributed by atoms with Crippen molar-refractivity contribution < 1.29 is 22.7 Å². The maximum absolute atomic E-state index is 12.7. The Balaban J connectivity index is 1.50. The number of nitrogens with zero attached hydrogens (tertiary/aromatic N) is 1. The van der Waals surface area contributed by atoms with Gasteiger partial charge in [-0.3, -0.25) is 9.10 Å². The monoisotopic (exact) mass is 418 g/mol. The normalized spacial score (nSPS) is 13.1. The number of nitrogens with one attached hydrogen (secondary N) is 1. The van der Waals surface area contributed by atoms with Gasteiger partial charge in [-0.15, -0.1) is 0 Å². The third kappa shape index (κ3) is 5.00. The SMILES string of the molecule is COc1ccc(OC)c(CCC(=O)NCCS(=O)(=O)N2CCc3ccccc32)c1. The van der Waals surface area contributed by atoms with E-state index in [0.29, 0.717) is 30.9 Å². The zero-order chi connectivity index (χ0) is 20.9. The van der Waals surface area contributed by atoms with Crippen LogP contribution in [0, 0.1) is 0 Å². The molecule has 3 rings (SSSR count). The molecule has 0 aliphatic carbocycles. The van der Waals surface area contributed by atoms with Crippen LogP contribution >= 0.6 is 0 Å². The fraction of sp³-hybridized carbons (Fsp3) is 0.381. The van der Waals surface area contributed by atoms with Crippen LogP contribution in [0.5, 0.6) is 11.5 Å². The van der Waals surface area contributed by atoms with E-state index in [0.717, 1.165) is 16.8 Å². The molecule has 0 spiro atoms. The molecule has 2 aromatic carbocycles. The summed E-state index contributed by atoms with van der Waals surface area (Å²) in [6.07, 6.45) is 1.42. The highest BCUT2D eigenvalue weighted by molar-refractivity contribution is 7.92. The van der Waals surface area contributed by atoms with Crippen molar-refractivity contribution in [2.75, 3.05) is 37.4 Å². The molecular weight excluding hydrogens is 392 g/mol. The van der Waals surface area contributed by atoms with Crippen molar-refractivity contribution in [3.05, 3.63) is 53.6 Å². The summed E-state index contributed by atoms with van der Waals surface area (Å²) in [5.41, 5.74) is 2.64. The minimum Gasteiger partial charge on any atom is -0.497 e. The van der Waals surface area contributed by atoms with Crippen molar-refractivity contribution >= 4 is 21.6 Å². The Bertz CT molecular complexity index is 975. The van der Waals surface area contributed by atoms with Gasteiger partial charge in [-0.25, -0.2) is 8.42 Å². The van der Waals surface area contributed by atoms with Gasteiger partial charge >= 0.3 is 0 Å². The second-order valence-electron chi connectivity index (χ2n) is 6.79. The summed E-state index contributed by atoms with van der Waals surface area (Å²) in [7, 11) is -0.317. The Kier molecular flexibility index (Phi) is 6.64. The molecule has 0 radical (unpaired) electrons. The molecule has 0 saturated carbocycles. The average Bonchev–Trinajstić information content (AvgIpc) is 3.17. The average molecular weight is 419 g/mol. The highest BCUT2D eigenvalue weighted by Crippen LogP contribution is 2.30. The number of methoxy groups -OCH3 is 2. The molecule has 1 aliphatic rings. The molecule has 0 unspecified atom stereocenters. The fourth-order valence-corrected chi connectivity index (χ4v) is 4.87. The maximum atomic E-state index is 12.7.